The first-order valence-corrected chi connectivity index (χ1v) is 7.76. The second-order valence-corrected chi connectivity index (χ2v) is 5.71. The highest BCUT2D eigenvalue weighted by molar-refractivity contribution is 6.21. The maximum Gasteiger partial charge on any atom is 0.326 e. The summed E-state index contributed by atoms with van der Waals surface area (Å²) in [5.41, 5.74) is 0.448. The highest BCUT2D eigenvalue weighted by Gasteiger charge is 2.45. The van der Waals surface area contributed by atoms with E-state index in [1.165, 1.54) is 5.56 Å². The van der Waals surface area contributed by atoms with E-state index in [2.05, 4.69) is 27.8 Å². The van der Waals surface area contributed by atoms with Crippen molar-refractivity contribution in [3.05, 3.63) is 35.9 Å². The van der Waals surface area contributed by atoms with Gasteiger partial charge in [-0.2, -0.15) is 0 Å². The quantitative estimate of drug-likeness (QED) is 0.877. The predicted molar refractivity (Wildman–Crippen MR) is 86.7 cm³/mol. The lowest BCUT2D eigenvalue weighted by Crippen LogP contribution is -2.62. The van der Waals surface area contributed by atoms with Crippen molar-refractivity contribution in [3.63, 3.8) is 0 Å². The molecule has 0 bridgehead atoms. The molecule has 5 heteroatoms. The van der Waals surface area contributed by atoms with E-state index < -0.39 is 11.4 Å². The molecule has 1 saturated heterocycles. The summed E-state index contributed by atoms with van der Waals surface area (Å²) in [6, 6.07) is 9.56. The molecule has 0 radical (unpaired) electrons. The zero-order valence-corrected chi connectivity index (χ0v) is 13.3. The summed E-state index contributed by atoms with van der Waals surface area (Å²) in [6.45, 7) is 5.88. The van der Waals surface area contributed by atoms with Crippen molar-refractivity contribution in [1.29, 1.82) is 0 Å². The van der Waals surface area contributed by atoms with Gasteiger partial charge >= 0.3 is 6.03 Å². The SMILES string of the molecule is CCC1(CC)C(=O)NC(=O)NC1=N[C@@H](C)Cc1ccccc1. The highest BCUT2D eigenvalue weighted by Crippen LogP contribution is 2.30. The van der Waals surface area contributed by atoms with Gasteiger partial charge in [-0.1, -0.05) is 44.2 Å². The first-order chi connectivity index (χ1) is 10.5. The molecule has 5 nitrogen and oxygen atoms in total. The first-order valence-electron chi connectivity index (χ1n) is 7.76. The van der Waals surface area contributed by atoms with E-state index in [0.29, 0.717) is 18.7 Å². The van der Waals surface area contributed by atoms with Gasteiger partial charge in [0.1, 0.15) is 11.3 Å². The smallest absolute Gasteiger partial charge is 0.295 e. The third-order valence-corrected chi connectivity index (χ3v) is 4.28. The molecule has 1 aliphatic heterocycles. The van der Waals surface area contributed by atoms with Crippen LogP contribution < -0.4 is 10.6 Å². The normalized spacial score (nSPS) is 20.4. The Labute approximate surface area is 131 Å². The number of rotatable bonds is 5. The summed E-state index contributed by atoms with van der Waals surface area (Å²) in [5, 5.41) is 5.09. The van der Waals surface area contributed by atoms with Gasteiger partial charge in [-0.05, 0) is 31.7 Å². The zero-order valence-electron chi connectivity index (χ0n) is 13.3. The van der Waals surface area contributed by atoms with Crippen LogP contribution in [0.15, 0.2) is 35.3 Å². The molecule has 0 unspecified atom stereocenters. The number of hydrogen-bond acceptors (Lipinski definition) is 3. The third-order valence-electron chi connectivity index (χ3n) is 4.28. The Morgan fingerprint density at radius 2 is 1.73 bits per heavy atom. The molecule has 3 amide bonds. The lowest BCUT2D eigenvalue weighted by molar-refractivity contribution is -0.127. The monoisotopic (exact) mass is 301 g/mol. The topological polar surface area (TPSA) is 70.6 Å². The van der Waals surface area contributed by atoms with Crippen LogP contribution in [0.5, 0.6) is 0 Å². The predicted octanol–water partition coefficient (Wildman–Crippen LogP) is 2.66. The standard InChI is InChI=1S/C17H23N3O2/c1-4-17(5-2)14(19-16(22)20-15(17)21)18-12(3)11-13-9-7-6-8-10-13/h6-10,12H,4-5,11H2,1-3H3,(H2,18,19,20,21,22)/t12-/m0/s1. The lowest BCUT2D eigenvalue weighted by atomic mass is 9.78. The number of amidine groups is 1. The number of aliphatic imine (C=N–C) groups is 1. The Morgan fingerprint density at radius 1 is 1.09 bits per heavy atom. The summed E-state index contributed by atoms with van der Waals surface area (Å²) in [5.74, 6) is 0.238. The van der Waals surface area contributed by atoms with Crippen LogP contribution in [0.1, 0.15) is 39.2 Å². The molecular weight excluding hydrogens is 278 g/mol. The van der Waals surface area contributed by atoms with Gasteiger partial charge in [0, 0.05) is 0 Å². The maximum absolute atomic E-state index is 12.3. The molecular formula is C17H23N3O2. The van der Waals surface area contributed by atoms with Crippen LogP contribution in [0, 0.1) is 5.41 Å². The number of nitrogens with one attached hydrogen (secondary N) is 2. The van der Waals surface area contributed by atoms with E-state index in [4.69, 9.17) is 0 Å². The lowest BCUT2D eigenvalue weighted by Gasteiger charge is -2.35. The molecule has 118 valence electrons. The average Bonchev–Trinajstić information content (AvgIpc) is 2.49. The van der Waals surface area contributed by atoms with Crippen molar-refractivity contribution in [1.82, 2.24) is 10.6 Å². The number of carbonyl (C=O) groups is 2. The minimum Gasteiger partial charge on any atom is -0.295 e. The van der Waals surface area contributed by atoms with Gasteiger partial charge in [-0.3, -0.25) is 20.4 Å². The van der Waals surface area contributed by atoms with Crippen molar-refractivity contribution in [2.45, 2.75) is 46.1 Å². The molecule has 0 saturated carbocycles. The van der Waals surface area contributed by atoms with Crippen molar-refractivity contribution in [2.75, 3.05) is 0 Å². The molecule has 1 aliphatic rings. The largest absolute Gasteiger partial charge is 0.326 e. The molecule has 0 spiro atoms. The zero-order chi connectivity index (χ0) is 16.2. The van der Waals surface area contributed by atoms with E-state index >= 15 is 0 Å². The van der Waals surface area contributed by atoms with Gasteiger partial charge in [0.2, 0.25) is 5.91 Å². The second kappa shape index (κ2) is 6.73. The first kappa shape index (κ1) is 16.2. The molecule has 1 heterocycles. The number of benzene rings is 1. The van der Waals surface area contributed by atoms with Crippen molar-refractivity contribution in [3.8, 4) is 0 Å². The number of hydrogen-bond donors (Lipinski definition) is 2. The van der Waals surface area contributed by atoms with Crippen LogP contribution in [0.2, 0.25) is 0 Å². The van der Waals surface area contributed by atoms with E-state index in [1.54, 1.807) is 0 Å². The number of urea groups is 1. The van der Waals surface area contributed by atoms with Gasteiger partial charge in [0.05, 0.1) is 6.04 Å². The number of imide groups is 1. The number of carbonyl (C=O) groups excluding carboxylic acids is 2. The Bertz CT molecular complexity index is 577. The minimum absolute atomic E-state index is 0.0129. The fourth-order valence-corrected chi connectivity index (χ4v) is 2.87. The van der Waals surface area contributed by atoms with E-state index in [1.807, 2.05) is 39.0 Å². The summed E-state index contributed by atoms with van der Waals surface area (Å²) in [7, 11) is 0. The van der Waals surface area contributed by atoms with E-state index in [9.17, 15) is 9.59 Å². The number of amides is 3. The Morgan fingerprint density at radius 3 is 2.32 bits per heavy atom. The summed E-state index contributed by atoms with van der Waals surface area (Å²) < 4.78 is 0. The molecule has 0 aromatic heterocycles. The van der Waals surface area contributed by atoms with E-state index in [-0.39, 0.29) is 11.9 Å². The summed E-state index contributed by atoms with van der Waals surface area (Å²) >= 11 is 0. The van der Waals surface area contributed by atoms with Crippen LogP contribution in [0.25, 0.3) is 0 Å². The van der Waals surface area contributed by atoms with Crippen LogP contribution >= 0.6 is 0 Å². The maximum atomic E-state index is 12.3. The average molecular weight is 301 g/mol. The van der Waals surface area contributed by atoms with Gasteiger partial charge in [0.25, 0.3) is 0 Å². The Kier molecular flexibility index (Phi) is 4.96. The van der Waals surface area contributed by atoms with Gasteiger partial charge in [-0.15, -0.1) is 0 Å². The second-order valence-electron chi connectivity index (χ2n) is 5.71. The third kappa shape index (κ3) is 3.18. The molecule has 1 aromatic rings. The summed E-state index contributed by atoms with van der Waals surface area (Å²) in [4.78, 5) is 28.6. The minimum atomic E-state index is -0.737. The number of nitrogens with zero attached hydrogens (tertiary/aromatic N) is 1. The van der Waals surface area contributed by atoms with Crippen molar-refractivity contribution < 1.29 is 9.59 Å². The van der Waals surface area contributed by atoms with Gasteiger partial charge in [-0.25, -0.2) is 4.79 Å². The fraction of sp³-hybridized carbons (Fsp3) is 0.471. The Balaban J connectivity index is 2.25. The molecule has 2 rings (SSSR count). The van der Waals surface area contributed by atoms with Gasteiger partial charge in [0.15, 0.2) is 0 Å². The molecule has 22 heavy (non-hydrogen) atoms. The summed E-state index contributed by atoms with van der Waals surface area (Å²) in [6.07, 6.45) is 1.98. The van der Waals surface area contributed by atoms with E-state index in [0.717, 1.165) is 6.42 Å². The molecule has 2 N–H and O–H groups in total. The fourth-order valence-electron chi connectivity index (χ4n) is 2.87. The van der Waals surface area contributed by atoms with Crippen LogP contribution in [0.4, 0.5) is 4.79 Å². The Hall–Kier alpha value is -2.17. The van der Waals surface area contributed by atoms with Gasteiger partial charge < -0.3 is 0 Å². The molecule has 1 fully saturated rings. The molecule has 1 aromatic carbocycles. The van der Waals surface area contributed by atoms with Crippen LogP contribution in [-0.2, 0) is 11.2 Å². The van der Waals surface area contributed by atoms with Crippen LogP contribution in [0.3, 0.4) is 0 Å². The van der Waals surface area contributed by atoms with Crippen molar-refractivity contribution >= 4 is 17.8 Å². The highest BCUT2D eigenvalue weighted by atomic mass is 16.2. The molecule has 1 atom stereocenters. The van der Waals surface area contributed by atoms with Crippen molar-refractivity contribution in [2.24, 2.45) is 10.4 Å². The van der Waals surface area contributed by atoms with Crippen LogP contribution in [-0.4, -0.2) is 23.8 Å². The molecule has 0 aliphatic carbocycles.